The molecule has 3 unspecified atom stereocenters. The number of nitrogens with zero attached hydrogens (tertiary/aromatic N) is 2. The first-order valence-corrected chi connectivity index (χ1v) is 8.66. The first kappa shape index (κ1) is 14.0. The smallest absolute Gasteiger partial charge is 0.318 e. The molecule has 4 nitrogen and oxygen atoms in total. The van der Waals surface area contributed by atoms with Crippen molar-refractivity contribution in [1.29, 1.82) is 0 Å². The highest BCUT2D eigenvalue weighted by molar-refractivity contribution is 5.75. The first-order chi connectivity index (χ1) is 10.7. The maximum atomic E-state index is 12.8. The molecule has 22 heavy (non-hydrogen) atoms. The van der Waals surface area contributed by atoms with Gasteiger partial charge in [0.05, 0.1) is 6.04 Å². The van der Waals surface area contributed by atoms with Crippen molar-refractivity contribution in [3.8, 4) is 0 Å². The van der Waals surface area contributed by atoms with E-state index in [4.69, 9.17) is 0 Å². The summed E-state index contributed by atoms with van der Waals surface area (Å²) in [5, 5.41) is 3.20. The van der Waals surface area contributed by atoms with E-state index in [9.17, 15) is 4.79 Å². The molecule has 1 N–H and O–H groups in total. The molecule has 4 fully saturated rings. The lowest BCUT2D eigenvalue weighted by Crippen LogP contribution is -2.47. The standard InChI is InChI=1S/C18H25N3O/c1-12(16-2-4-19-5-3-16)20-18(22)21-11-15-7-13-6-14(8-15)10-17(21)9-13/h2-5,12-15,17H,6-11H2,1H3,(H,20,22). The van der Waals surface area contributed by atoms with Crippen LogP contribution in [0.25, 0.3) is 0 Å². The second-order valence-electron chi connectivity index (χ2n) is 7.53. The van der Waals surface area contributed by atoms with Gasteiger partial charge in [0.15, 0.2) is 0 Å². The highest BCUT2D eigenvalue weighted by Gasteiger charge is 2.44. The molecule has 118 valence electrons. The molecule has 5 rings (SSSR count). The third-order valence-corrected chi connectivity index (χ3v) is 5.91. The Morgan fingerprint density at radius 2 is 1.77 bits per heavy atom. The van der Waals surface area contributed by atoms with Gasteiger partial charge in [-0.2, -0.15) is 0 Å². The first-order valence-electron chi connectivity index (χ1n) is 8.66. The number of pyridine rings is 1. The zero-order chi connectivity index (χ0) is 15.1. The van der Waals surface area contributed by atoms with Crippen LogP contribution in [-0.2, 0) is 0 Å². The molecule has 3 atom stereocenters. The third kappa shape index (κ3) is 2.59. The molecule has 4 aliphatic rings. The molecule has 4 bridgehead atoms. The van der Waals surface area contributed by atoms with E-state index in [2.05, 4.69) is 22.1 Å². The fourth-order valence-electron chi connectivity index (χ4n) is 5.04. The third-order valence-electron chi connectivity index (χ3n) is 5.91. The predicted octanol–water partition coefficient (Wildman–Crippen LogP) is 3.36. The zero-order valence-electron chi connectivity index (χ0n) is 13.2. The molecule has 2 amide bonds. The van der Waals surface area contributed by atoms with Crippen molar-refractivity contribution in [1.82, 2.24) is 15.2 Å². The van der Waals surface area contributed by atoms with Gasteiger partial charge in [0.2, 0.25) is 0 Å². The van der Waals surface area contributed by atoms with Crippen molar-refractivity contribution in [2.24, 2.45) is 17.8 Å². The van der Waals surface area contributed by atoms with Crippen LogP contribution in [0.4, 0.5) is 4.79 Å². The molecule has 1 aromatic heterocycles. The summed E-state index contributed by atoms with van der Waals surface area (Å²) >= 11 is 0. The normalized spacial score (nSPS) is 34.3. The van der Waals surface area contributed by atoms with Gasteiger partial charge in [-0.1, -0.05) is 0 Å². The van der Waals surface area contributed by atoms with Gasteiger partial charge < -0.3 is 10.2 Å². The molecule has 2 aliphatic carbocycles. The highest BCUT2D eigenvalue weighted by Crippen LogP contribution is 2.47. The van der Waals surface area contributed by atoms with Gasteiger partial charge in [-0.25, -0.2) is 4.79 Å². The Bertz CT molecular complexity index is 533. The van der Waals surface area contributed by atoms with Crippen LogP contribution in [-0.4, -0.2) is 28.5 Å². The zero-order valence-corrected chi connectivity index (χ0v) is 13.2. The number of aromatic nitrogens is 1. The molecule has 0 spiro atoms. The Labute approximate surface area is 132 Å². The number of urea groups is 1. The number of fused-ring (bicyclic) bond motifs is 1. The van der Waals surface area contributed by atoms with E-state index in [0.717, 1.165) is 29.9 Å². The number of carbonyl (C=O) groups is 1. The van der Waals surface area contributed by atoms with Crippen LogP contribution in [0, 0.1) is 17.8 Å². The van der Waals surface area contributed by atoms with Crippen molar-refractivity contribution in [2.45, 2.75) is 51.1 Å². The minimum atomic E-state index is 0.0353. The van der Waals surface area contributed by atoms with Crippen molar-refractivity contribution in [3.63, 3.8) is 0 Å². The molecular weight excluding hydrogens is 274 g/mol. The Balaban J connectivity index is 1.46. The summed E-state index contributed by atoms with van der Waals surface area (Å²) in [6.45, 7) is 3.02. The van der Waals surface area contributed by atoms with Crippen LogP contribution in [0.5, 0.6) is 0 Å². The maximum absolute atomic E-state index is 12.8. The number of carbonyl (C=O) groups excluding carboxylic acids is 1. The lowest BCUT2D eigenvalue weighted by atomic mass is 9.68. The molecule has 2 saturated heterocycles. The maximum Gasteiger partial charge on any atom is 0.318 e. The molecule has 0 aromatic carbocycles. The fraction of sp³-hybridized carbons (Fsp3) is 0.667. The molecular formula is C18H25N3O. The summed E-state index contributed by atoms with van der Waals surface area (Å²) in [6, 6.07) is 4.58. The lowest BCUT2D eigenvalue weighted by molar-refractivity contribution is 0.130. The SMILES string of the molecule is CC(NC(=O)N1CC2CC3CC(C2)CC1C3)c1ccncc1. The Hall–Kier alpha value is -1.58. The van der Waals surface area contributed by atoms with Crippen molar-refractivity contribution < 1.29 is 4.79 Å². The minimum absolute atomic E-state index is 0.0353. The largest absolute Gasteiger partial charge is 0.331 e. The van der Waals surface area contributed by atoms with Gasteiger partial charge in [0, 0.05) is 25.0 Å². The second-order valence-corrected chi connectivity index (χ2v) is 7.53. The van der Waals surface area contributed by atoms with E-state index in [1.165, 1.54) is 32.1 Å². The van der Waals surface area contributed by atoms with E-state index in [0.29, 0.717) is 6.04 Å². The van der Waals surface area contributed by atoms with E-state index in [1.807, 2.05) is 12.1 Å². The lowest BCUT2D eigenvalue weighted by Gasteiger charge is -2.39. The van der Waals surface area contributed by atoms with Gasteiger partial charge in [-0.3, -0.25) is 4.98 Å². The van der Waals surface area contributed by atoms with Crippen LogP contribution in [0.1, 0.15) is 50.6 Å². The van der Waals surface area contributed by atoms with Gasteiger partial charge >= 0.3 is 6.03 Å². The van der Waals surface area contributed by atoms with Crippen LogP contribution >= 0.6 is 0 Å². The number of hydrogen-bond donors (Lipinski definition) is 1. The summed E-state index contributed by atoms with van der Waals surface area (Å²) in [7, 11) is 0. The summed E-state index contributed by atoms with van der Waals surface area (Å²) in [5.74, 6) is 2.48. The Kier molecular flexibility index (Phi) is 3.55. The van der Waals surface area contributed by atoms with Crippen molar-refractivity contribution >= 4 is 6.03 Å². The highest BCUT2D eigenvalue weighted by atomic mass is 16.2. The molecule has 2 aliphatic heterocycles. The summed E-state index contributed by atoms with van der Waals surface area (Å²) in [4.78, 5) is 19.0. The summed E-state index contributed by atoms with van der Waals surface area (Å²) in [5.41, 5.74) is 1.11. The van der Waals surface area contributed by atoms with Crippen LogP contribution < -0.4 is 5.32 Å². The molecule has 1 aromatic rings. The van der Waals surface area contributed by atoms with E-state index >= 15 is 0 Å². The van der Waals surface area contributed by atoms with Gasteiger partial charge in [-0.05, 0) is 74.5 Å². The minimum Gasteiger partial charge on any atom is -0.331 e. The van der Waals surface area contributed by atoms with Crippen LogP contribution in [0.15, 0.2) is 24.5 Å². The van der Waals surface area contributed by atoms with Gasteiger partial charge in [0.1, 0.15) is 0 Å². The molecule has 0 radical (unpaired) electrons. The van der Waals surface area contributed by atoms with Crippen molar-refractivity contribution in [3.05, 3.63) is 30.1 Å². The van der Waals surface area contributed by atoms with E-state index in [-0.39, 0.29) is 12.1 Å². The molecule has 3 heterocycles. The van der Waals surface area contributed by atoms with Gasteiger partial charge in [0.25, 0.3) is 0 Å². The number of nitrogens with one attached hydrogen (secondary N) is 1. The quantitative estimate of drug-likeness (QED) is 0.910. The fourth-order valence-corrected chi connectivity index (χ4v) is 5.04. The molecule has 2 saturated carbocycles. The summed E-state index contributed by atoms with van der Waals surface area (Å²) in [6.07, 6.45) is 10.1. The monoisotopic (exact) mass is 299 g/mol. The van der Waals surface area contributed by atoms with Gasteiger partial charge in [-0.15, -0.1) is 0 Å². The average Bonchev–Trinajstić information content (AvgIpc) is 2.72. The number of amides is 2. The summed E-state index contributed by atoms with van der Waals surface area (Å²) < 4.78 is 0. The van der Waals surface area contributed by atoms with Crippen LogP contribution in [0.2, 0.25) is 0 Å². The number of hydrogen-bond acceptors (Lipinski definition) is 2. The number of rotatable bonds is 2. The van der Waals surface area contributed by atoms with E-state index < -0.39 is 0 Å². The van der Waals surface area contributed by atoms with Crippen LogP contribution in [0.3, 0.4) is 0 Å². The Morgan fingerprint density at radius 3 is 2.45 bits per heavy atom. The van der Waals surface area contributed by atoms with Crippen molar-refractivity contribution in [2.75, 3.05) is 6.54 Å². The topological polar surface area (TPSA) is 45.2 Å². The second kappa shape index (κ2) is 5.56. The predicted molar refractivity (Wildman–Crippen MR) is 85.2 cm³/mol. The van der Waals surface area contributed by atoms with E-state index in [1.54, 1.807) is 12.4 Å². The molecule has 4 heteroatoms. The Morgan fingerprint density at radius 1 is 1.14 bits per heavy atom. The average molecular weight is 299 g/mol.